The fourth-order valence-electron chi connectivity index (χ4n) is 4.33. The van der Waals surface area contributed by atoms with Gasteiger partial charge in [0.05, 0.1) is 0 Å². The van der Waals surface area contributed by atoms with Crippen LogP contribution in [0.4, 0.5) is 0 Å². The molecule has 0 spiro atoms. The van der Waals surface area contributed by atoms with Gasteiger partial charge in [0.25, 0.3) is 0 Å². The first-order chi connectivity index (χ1) is 12.6. The minimum atomic E-state index is -2.20. The van der Waals surface area contributed by atoms with Gasteiger partial charge in [0.15, 0.2) is 7.38 Å². The number of hydrogen-bond acceptors (Lipinski definition) is 0. The van der Waals surface area contributed by atoms with Crippen LogP contribution in [0.15, 0.2) is 108 Å². The van der Waals surface area contributed by atoms with E-state index in [4.69, 9.17) is 11.1 Å². The van der Waals surface area contributed by atoms with Crippen molar-refractivity contribution in [3.8, 4) is 0 Å². The molecule has 3 atom stereocenters. The quantitative estimate of drug-likeness (QED) is 0.440. The summed E-state index contributed by atoms with van der Waals surface area (Å²) in [7, 11) is -2.20. The first-order valence-corrected chi connectivity index (χ1v) is 12.7. The summed E-state index contributed by atoms with van der Waals surface area (Å²) in [5.74, 6) is 0.290. The molecule has 0 radical (unpaired) electrons. The van der Waals surface area contributed by atoms with Crippen molar-refractivity contribution >= 4 is 23.6 Å². The molecule has 2 aromatic carbocycles. The summed E-state index contributed by atoms with van der Waals surface area (Å²) in [5.41, 5.74) is 5.84. The Morgan fingerprint density at radius 2 is 1.50 bits per heavy atom. The highest BCUT2D eigenvalue weighted by atomic mass is 35.6. The second-order valence-corrected chi connectivity index (χ2v) is 13.0. The van der Waals surface area contributed by atoms with Crippen molar-refractivity contribution in [1.82, 2.24) is 0 Å². The van der Waals surface area contributed by atoms with E-state index in [1.807, 2.05) is 0 Å². The fourth-order valence-corrected chi connectivity index (χ4v) is 8.54. The van der Waals surface area contributed by atoms with Gasteiger partial charge >= 0.3 is 0 Å². The summed E-state index contributed by atoms with van der Waals surface area (Å²) >= 11 is 7.34. The lowest BCUT2D eigenvalue weighted by Crippen LogP contribution is -2.44. The second-order valence-electron chi connectivity index (χ2n) is 7.31. The number of benzene rings is 2. The van der Waals surface area contributed by atoms with Crippen LogP contribution in [-0.2, 0) is 0 Å². The van der Waals surface area contributed by atoms with E-state index in [1.165, 1.54) is 27.5 Å². The average molecular weight is 375 g/mol. The van der Waals surface area contributed by atoms with Crippen molar-refractivity contribution in [3.05, 3.63) is 113 Å². The van der Waals surface area contributed by atoms with E-state index in [0.717, 1.165) is 0 Å². The topological polar surface area (TPSA) is 0 Å². The van der Waals surface area contributed by atoms with Gasteiger partial charge in [-0.3, -0.25) is 0 Å². The summed E-state index contributed by atoms with van der Waals surface area (Å²) in [6, 6.07) is 21.4. The molecule has 0 bridgehead atoms. The van der Waals surface area contributed by atoms with E-state index in [-0.39, 0.29) is 0 Å². The molecule has 0 N–H and O–H groups in total. The molecule has 3 unspecified atom stereocenters. The highest BCUT2D eigenvalue weighted by molar-refractivity contribution is 7.28. The van der Waals surface area contributed by atoms with Crippen LogP contribution < -0.4 is 5.19 Å². The zero-order valence-corrected chi connectivity index (χ0v) is 16.9. The maximum absolute atomic E-state index is 7.34. The molecule has 0 saturated heterocycles. The van der Waals surface area contributed by atoms with Crippen LogP contribution in [-0.4, -0.2) is 7.38 Å². The Kier molecular flexibility index (Phi) is 4.60. The summed E-state index contributed by atoms with van der Waals surface area (Å²) in [6.45, 7) is 4.53. The van der Waals surface area contributed by atoms with Crippen LogP contribution in [0.1, 0.15) is 18.4 Å². The van der Waals surface area contributed by atoms with Crippen LogP contribution in [0.3, 0.4) is 0 Å². The van der Waals surface area contributed by atoms with Crippen molar-refractivity contribution in [2.75, 3.05) is 0 Å². The Morgan fingerprint density at radius 1 is 0.846 bits per heavy atom. The zero-order chi connectivity index (χ0) is 18.1. The van der Waals surface area contributed by atoms with Crippen molar-refractivity contribution < 1.29 is 0 Å². The van der Waals surface area contributed by atoms with E-state index in [1.54, 1.807) is 0 Å². The molecule has 0 aromatic heterocycles. The normalized spacial score (nSPS) is 24.0. The first-order valence-electron chi connectivity index (χ1n) is 9.15. The van der Waals surface area contributed by atoms with E-state index in [0.29, 0.717) is 11.5 Å². The summed E-state index contributed by atoms with van der Waals surface area (Å²) < 4.78 is 0. The molecule has 4 rings (SSSR count). The maximum atomic E-state index is 7.34. The SMILES string of the molecule is CC1=CC2=C(C=CC=CC2c2ccccc2)C1[Si](C)(Cl)c1ccccc1. The minimum absolute atomic E-state index is 0.290. The van der Waals surface area contributed by atoms with Crippen molar-refractivity contribution in [1.29, 1.82) is 0 Å². The Bertz CT molecular complexity index is 917. The van der Waals surface area contributed by atoms with Gasteiger partial charge in [0, 0.05) is 11.5 Å². The van der Waals surface area contributed by atoms with Crippen molar-refractivity contribution in [2.24, 2.45) is 0 Å². The van der Waals surface area contributed by atoms with Gasteiger partial charge < -0.3 is 0 Å². The molecular weight excluding hydrogens is 352 g/mol. The highest BCUT2D eigenvalue weighted by Crippen LogP contribution is 2.49. The molecule has 2 heteroatoms. The van der Waals surface area contributed by atoms with Gasteiger partial charge in [-0.05, 0) is 28.8 Å². The molecule has 0 amide bonds. The molecule has 2 aliphatic rings. The molecule has 2 aromatic rings. The molecular formula is C24H23ClSi. The second kappa shape index (κ2) is 6.90. The fraction of sp³-hybridized carbons (Fsp3) is 0.167. The van der Waals surface area contributed by atoms with Crippen LogP contribution in [0.5, 0.6) is 0 Å². The van der Waals surface area contributed by atoms with Crippen LogP contribution in [0.2, 0.25) is 12.1 Å². The Balaban J connectivity index is 1.82. The van der Waals surface area contributed by atoms with E-state index in [9.17, 15) is 0 Å². The molecule has 26 heavy (non-hydrogen) atoms. The van der Waals surface area contributed by atoms with E-state index < -0.39 is 7.38 Å². The van der Waals surface area contributed by atoms with Crippen molar-refractivity contribution in [2.45, 2.75) is 24.9 Å². The molecule has 0 aliphatic heterocycles. The third-order valence-corrected chi connectivity index (χ3v) is 10.2. The Labute approximate surface area is 161 Å². The van der Waals surface area contributed by atoms with Crippen molar-refractivity contribution in [3.63, 3.8) is 0 Å². The summed E-state index contributed by atoms with van der Waals surface area (Å²) in [4.78, 5) is 0. The standard InChI is InChI=1S/C24H23ClSi/c1-18-17-23-21(19-11-5-3-6-12-19)15-9-10-16-22(23)24(18)26(2,25)20-13-7-4-8-14-20/h3-17,21,24H,1-2H3. The summed E-state index contributed by atoms with van der Waals surface area (Å²) in [6.07, 6.45) is 11.3. The minimum Gasteiger partial charge on any atom is -0.160 e. The van der Waals surface area contributed by atoms with Gasteiger partial charge in [-0.2, -0.15) is 11.1 Å². The van der Waals surface area contributed by atoms with E-state index in [2.05, 4.69) is 105 Å². The molecule has 130 valence electrons. The monoisotopic (exact) mass is 374 g/mol. The van der Waals surface area contributed by atoms with Crippen LogP contribution >= 0.6 is 11.1 Å². The van der Waals surface area contributed by atoms with E-state index >= 15 is 0 Å². The van der Waals surface area contributed by atoms with Gasteiger partial charge in [0.2, 0.25) is 0 Å². The molecule has 0 nitrogen and oxygen atoms in total. The number of halogens is 1. The lowest BCUT2D eigenvalue weighted by molar-refractivity contribution is 1.02. The number of rotatable bonds is 3. The summed E-state index contributed by atoms with van der Waals surface area (Å²) in [5, 5.41) is 1.30. The van der Waals surface area contributed by atoms with Crippen LogP contribution in [0, 0.1) is 0 Å². The largest absolute Gasteiger partial charge is 0.195 e. The smallest absolute Gasteiger partial charge is 0.160 e. The van der Waals surface area contributed by atoms with Gasteiger partial charge in [-0.15, -0.1) is 0 Å². The predicted molar refractivity (Wildman–Crippen MR) is 116 cm³/mol. The lowest BCUT2D eigenvalue weighted by Gasteiger charge is -2.30. The number of hydrogen-bond donors (Lipinski definition) is 0. The lowest BCUT2D eigenvalue weighted by atomic mass is 9.90. The molecule has 0 saturated carbocycles. The predicted octanol–water partition coefficient (Wildman–Crippen LogP) is 6.24. The third-order valence-electron chi connectivity index (χ3n) is 5.55. The Hall–Kier alpha value is -2.09. The number of allylic oxidation sites excluding steroid dienone is 8. The Morgan fingerprint density at radius 3 is 2.19 bits per heavy atom. The zero-order valence-electron chi connectivity index (χ0n) is 15.2. The third kappa shape index (κ3) is 2.96. The molecule has 2 aliphatic carbocycles. The maximum Gasteiger partial charge on any atom is 0.195 e. The average Bonchev–Trinajstić information content (AvgIpc) is 2.86. The van der Waals surface area contributed by atoms with Gasteiger partial charge in [-0.1, -0.05) is 103 Å². The highest BCUT2D eigenvalue weighted by Gasteiger charge is 2.43. The molecule has 0 fully saturated rings. The van der Waals surface area contributed by atoms with Crippen LogP contribution in [0.25, 0.3) is 0 Å². The molecule has 0 heterocycles. The van der Waals surface area contributed by atoms with Gasteiger partial charge in [-0.25, -0.2) is 0 Å². The van der Waals surface area contributed by atoms with Gasteiger partial charge in [0.1, 0.15) is 0 Å². The first kappa shape index (κ1) is 17.3.